The van der Waals surface area contributed by atoms with Crippen molar-refractivity contribution in [3.63, 3.8) is 0 Å². The summed E-state index contributed by atoms with van der Waals surface area (Å²) < 4.78 is 53.7. The van der Waals surface area contributed by atoms with Crippen LogP contribution in [-0.2, 0) is 20.0 Å². The summed E-state index contributed by atoms with van der Waals surface area (Å²) in [7, 11) is -8.93. The first kappa shape index (κ1) is 21.5. The highest BCUT2D eigenvalue weighted by Gasteiger charge is 2.38. The van der Waals surface area contributed by atoms with E-state index in [0.717, 1.165) is 0 Å². The third-order valence-electron chi connectivity index (χ3n) is 4.32. The fraction of sp³-hybridized carbons (Fsp3) is 0.100. The number of nitrogens with zero attached hydrogens (tertiary/aromatic N) is 4. The van der Waals surface area contributed by atoms with E-state index in [0.29, 0.717) is 9.27 Å². The Bertz CT molecular complexity index is 1170. The van der Waals surface area contributed by atoms with E-state index >= 15 is 0 Å². The average Bonchev–Trinajstić information content (AvgIpc) is 2.78. The maximum Gasteiger partial charge on any atom is 0.256 e. The first-order valence-electron chi connectivity index (χ1n) is 8.84. The Kier molecular flexibility index (Phi) is 6.53. The molecule has 0 amide bonds. The average molecular weight is 443 g/mol. The van der Waals surface area contributed by atoms with E-state index in [1.807, 2.05) is 0 Å². The number of benzene rings is 3. The van der Waals surface area contributed by atoms with Gasteiger partial charge in [0.15, 0.2) is 0 Å². The molecular weight excluding hydrogens is 424 g/mol. The highest BCUT2D eigenvalue weighted by Crippen LogP contribution is 2.29. The lowest BCUT2D eigenvalue weighted by Crippen LogP contribution is -2.39. The van der Waals surface area contributed by atoms with Crippen molar-refractivity contribution in [2.45, 2.75) is 15.8 Å². The molecule has 0 aromatic heterocycles. The van der Waals surface area contributed by atoms with Crippen LogP contribution in [-0.4, -0.2) is 27.1 Å². The van der Waals surface area contributed by atoms with E-state index in [1.165, 1.54) is 48.5 Å². The normalized spacial score (nSPS) is 12.8. The second kappa shape index (κ2) is 9.10. The maximum absolute atomic E-state index is 13.3. The largest absolute Gasteiger partial charge is 0.256 e. The third kappa shape index (κ3) is 4.52. The minimum atomic E-state index is -4.47. The molecule has 0 fully saturated rings. The minimum absolute atomic E-state index is 0.183. The van der Waals surface area contributed by atoms with Crippen LogP contribution in [0.4, 0.5) is 0 Å². The van der Waals surface area contributed by atoms with Crippen molar-refractivity contribution >= 4 is 20.0 Å². The summed E-state index contributed by atoms with van der Waals surface area (Å²) in [5, 5.41) is 3.66. The van der Waals surface area contributed by atoms with Crippen LogP contribution in [0.3, 0.4) is 0 Å². The number of rotatable bonds is 8. The van der Waals surface area contributed by atoms with Crippen molar-refractivity contribution in [2.75, 3.05) is 6.54 Å². The minimum Gasteiger partial charge on any atom is -0.206 e. The second-order valence-electron chi connectivity index (χ2n) is 6.22. The Morgan fingerprint density at radius 2 is 1.13 bits per heavy atom. The molecular formula is C20H18N4O4S2. The van der Waals surface area contributed by atoms with Gasteiger partial charge < -0.3 is 0 Å². The van der Waals surface area contributed by atoms with Gasteiger partial charge in [0.2, 0.25) is 0 Å². The van der Waals surface area contributed by atoms with Gasteiger partial charge >= 0.3 is 0 Å². The van der Waals surface area contributed by atoms with Crippen molar-refractivity contribution in [1.82, 2.24) is 3.71 Å². The van der Waals surface area contributed by atoms with Crippen molar-refractivity contribution in [2.24, 2.45) is 5.11 Å². The molecule has 0 aliphatic heterocycles. The van der Waals surface area contributed by atoms with Crippen LogP contribution in [0.5, 0.6) is 0 Å². The molecule has 1 atom stereocenters. The smallest absolute Gasteiger partial charge is 0.206 e. The summed E-state index contributed by atoms with van der Waals surface area (Å²) in [4.78, 5) is 2.42. The quantitative estimate of drug-likeness (QED) is 0.296. The van der Waals surface area contributed by atoms with E-state index in [4.69, 9.17) is 5.53 Å². The number of hydrogen-bond donors (Lipinski definition) is 0. The molecule has 0 spiro atoms. The van der Waals surface area contributed by atoms with Gasteiger partial charge in [0, 0.05) is 11.5 Å². The Labute approximate surface area is 175 Å². The van der Waals surface area contributed by atoms with Gasteiger partial charge in [-0.05, 0) is 35.4 Å². The molecule has 10 heteroatoms. The monoisotopic (exact) mass is 442 g/mol. The van der Waals surface area contributed by atoms with Gasteiger partial charge in [-0.1, -0.05) is 75.6 Å². The van der Waals surface area contributed by atoms with Crippen LogP contribution in [0.25, 0.3) is 10.4 Å². The fourth-order valence-electron chi connectivity index (χ4n) is 2.83. The van der Waals surface area contributed by atoms with Crippen LogP contribution in [0.1, 0.15) is 11.6 Å². The number of azide groups is 1. The van der Waals surface area contributed by atoms with Crippen LogP contribution in [0.2, 0.25) is 0 Å². The molecule has 3 rings (SSSR count). The zero-order valence-electron chi connectivity index (χ0n) is 15.7. The Morgan fingerprint density at radius 3 is 1.53 bits per heavy atom. The summed E-state index contributed by atoms with van der Waals surface area (Å²) in [5.41, 5.74) is 9.48. The summed E-state index contributed by atoms with van der Waals surface area (Å²) in [6, 6.07) is 21.9. The summed E-state index contributed by atoms with van der Waals surface area (Å²) in [6.45, 7) is -0.581. The molecule has 0 saturated heterocycles. The predicted molar refractivity (Wildman–Crippen MR) is 112 cm³/mol. The van der Waals surface area contributed by atoms with E-state index in [9.17, 15) is 16.8 Å². The van der Waals surface area contributed by atoms with E-state index < -0.39 is 32.6 Å². The van der Waals surface area contributed by atoms with Gasteiger partial charge in [-0.15, -0.1) is 0 Å². The number of hydrogen-bond acceptors (Lipinski definition) is 5. The molecule has 0 bridgehead atoms. The standard InChI is InChI=1S/C20H18N4O4S2/c21-23-22-20(17-10-4-1-5-11-17)16-24(29(25,26)18-12-6-2-7-13-18)30(27,28)19-14-8-3-9-15-19/h1-15,20H,16H2. The first-order valence-corrected chi connectivity index (χ1v) is 11.7. The Morgan fingerprint density at radius 1 is 0.733 bits per heavy atom. The molecule has 0 saturated carbocycles. The first-order chi connectivity index (χ1) is 14.4. The molecule has 8 nitrogen and oxygen atoms in total. The van der Waals surface area contributed by atoms with Crippen molar-refractivity contribution in [3.8, 4) is 0 Å². The predicted octanol–water partition coefficient (Wildman–Crippen LogP) is 4.12. The lowest BCUT2D eigenvalue weighted by atomic mass is 10.1. The van der Waals surface area contributed by atoms with Crippen LogP contribution >= 0.6 is 0 Å². The maximum atomic E-state index is 13.3. The Balaban J connectivity index is 2.16. The van der Waals surface area contributed by atoms with Crippen molar-refractivity contribution in [1.29, 1.82) is 0 Å². The molecule has 154 valence electrons. The summed E-state index contributed by atoms with van der Waals surface area (Å²) in [5.74, 6) is 0. The molecule has 30 heavy (non-hydrogen) atoms. The van der Waals surface area contributed by atoms with Crippen molar-refractivity contribution in [3.05, 3.63) is 107 Å². The molecule has 1 unspecified atom stereocenters. The lowest BCUT2D eigenvalue weighted by molar-refractivity contribution is 0.474. The molecule has 3 aromatic rings. The van der Waals surface area contributed by atoms with Crippen LogP contribution in [0, 0.1) is 0 Å². The topological polar surface area (TPSA) is 120 Å². The SMILES string of the molecule is [N-]=[N+]=NC(CN(S(=O)(=O)c1ccccc1)S(=O)(=O)c1ccccc1)c1ccccc1. The zero-order valence-corrected chi connectivity index (χ0v) is 17.3. The molecule has 0 radical (unpaired) electrons. The Hall–Kier alpha value is -3.17. The lowest BCUT2D eigenvalue weighted by Gasteiger charge is -2.25. The van der Waals surface area contributed by atoms with Gasteiger partial charge in [0.25, 0.3) is 20.0 Å². The molecule has 0 aliphatic carbocycles. The van der Waals surface area contributed by atoms with Gasteiger partial charge in [0.05, 0.1) is 15.8 Å². The molecule has 0 heterocycles. The highest BCUT2D eigenvalue weighted by molar-refractivity contribution is 8.04. The van der Waals surface area contributed by atoms with Gasteiger partial charge in [-0.2, -0.15) is 0 Å². The highest BCUT2D eigenvalue weighted by atomic mass is 32.3. The fourth-order valence-corrected chi connectivity index (χ4v) is 6.53. The van der Waals surface area contributed by atoms with E-state index in [-0.39, 0.29) is 9.79 Å². The molecule has 3 aromatic carbocycles. The molecule has 0 aliphatic rings. The van der Waals surface area contributed by atoms with Crippen LogP contribution < -0.4 is 0 Å². The molecule has 0 N–H and O–H groups in total. The van der Waals surface area contributed by atoms with Crippen LogP contribution in [0.15, 0.2) is 106 Å². The van der Waals surface area contributed by atoms with E-state index in [1.54, 1.807) is 42.5 Å². The van der Waals surface area contributed by atoms with E-state index in [2.05, 4.69) is 10.0 Å². The summed E-state index contributed by atoms with van der Waals surface area (Å²) in [6.07, 6.45) is 0. The van der Waals surface area contributed by atoms with Gasteiger partial charge in [0.1, 0.15) is 0 Å². The third-order valence-corrected chi connectivity index (χ3v) is 8.60. The zero-order chi connectivity index (χ0) is 21.6. The van der Waals surface area contributed by atoms with Gasteiger partial charge in [-0.25, -0.2) is 16.8 Å². The second-order valence-corrected chi connectivity index (χ2v) is 10.2. The number of sulfonamides is 2. The summed E-state index contributed by atoms with van der Waals surface area (Å²) >= 11 is 0. The van der Waals surface area contributed by atoms with Crippen molar-refractivity contribution < 1.29 is 16.8 Å². The van der Waals surface area contributed by atoms with Gasteiger partial charge in [-0.3, -0.25) is 0 Å².